The third-order valence-electron chi connectivity index (χ3n) is 3.34. The number of aromatic nitrogens is 2. The fraction of sp³-hybridized carbons (Fsp3) is 0.692. The van der Waals surface area contributed by atoms with Crippen LogP contribution in [0.1, 0.15) is 18.4 Å². The Labute approximate surface area is 114 Å². The molecule has 1 aromatic rings. The van der Waals surface area contributed by atoms with Crippen LogP contribution in [-0.4, -0.2) is 53.5 Å². The molecular weight excluding hydrogens is 248 g/mol. The normalized spacial score (nSPS) is 17.2. The van der Waals surface area contributed by atoms with Crippen molar-refractivity contribution >= 4 is 17.4 Å². The van der Waals surface area contributed by atoms with E-state index in [-0.39, 0.29) is 0 Å². The van der Waals surface area contributed by atoms with Gasteiger partial charge < -0.3 is 4.90 Å². The van der Waals surface area contributed by atoms with Gasteiger partial charge in [-0.05, 0) is 13.3 Å². The van der Waals surface area contributed by atoms with Gasteiger partial charge in [-0.25, -0.2) is 9.97 Å². The fourth-order valence-corrected chi connectivity index (χ4v) is 2.51. The summed E-state index contributed by atoms with van der Waals surface area (Å²) >= 11 is 5.77. The average molecular weight is 269 g/mol. The van der Waals surface area contributed by atoms with Crippen molar-refractivity contribution in [2.75, 3.05) is 43.5 Å². The van der Waals surface area contributed by atoms with E-state index in [0.29, 0.717) is 5.88 Å². The molecule has 0 N–H and O–H groups in total. The lowest BCUT2D eigenvalue weighted by molar-refractivity contribution is 0.272. The zero-order valence-corrected chi connectivity index (χ0v) is 11.9. The summed E-state index contributed by atoms with van der Waals surface area (Å²) in [6.45, 7) is 9.26. The molecule has 2 heterocycles. The van der Waals surface area contributed by atoms with E-state index in [1.54, 1.807) is 0 Å². The van der Waals surface area contributed by atoms with Gasteiger partial charge in [0.15, 0.2) is 0 Å². The molecule has 0 bridgehead atoms. The van der Waals surface area contributed by atoms with Crippen LogP contribution in [-0.2, 0) is 6.42 Å². The number of piperazine rings is 1. The van der Waals surface area contributed by atoms with E-state index in [1.165, 1.54) is 0 Å². The number of hydrogen-bond acceptors (Lipinski definition) is 4. The molecule has 1 fully saturated rings. The summed E-state index contributed by atoms with van der Waals surface area (Å²) in [5, 5.41) is 0. The van der Waals surface area contributed by atoms with Crippen LogP contribution in [0.2, 0.25) is 0 Å². The molecule has 0 unspecified atom stereocenters. The van der Waals surface area contributed by atoms with Gasteiger partial charge in [0, 0.05) is 50.4 Å². The smallest absolute Gasteiger partial charge is 0.132 e. The van der Waals surface area contributed by atoms with Crippen molar-refractivity contribution in [3.8, 4) is 0 Å². The third-order valence-corrected chi connectivity index (χ3v) is 3.51. The number of halogens is 1. The molecule has 1 saturated heterocycles. The van der Waals surface area contributed by atoms with Crippen molar-refractivity contribution in [1.29, 1.82) is 0 Å². The molecule has 0 amide bonds. The Bertz CT molecular complexity index is 389. The summed E-state index contributed by atoms with van der Waals surface area (Å²) in [5.41, 5.74) is 1.13. The van der Waals surface area contributed by atoms with E-state index < -0.39 is 0 Å². The molecule has 4 nitrogen and oxygen atoms in total. The van der Waals surface area contributed by atoms with E-state index in [0.717, 1.165) is 56.5 Å². The zero-order chi connectivity index (χ0) is 13.0. The van der Waals surface area contributed by atoms with E-state index in [1.807, 2.05) is 6.92 Å². The first kappa shape index (κ1) is 13.6. The lowest BCUT2D eigenvalue weighted by atomic mass is 10.2. The van der Waals surface area contributed by atoms with Gasteiger partial charge in [0.2, 0.25) is 0 Å². The van der Waals surface area contributed by atoms with Crippen LogP contribution in [0.5, 0.6) is 0 Å². The Kier molecular flexibility index (Phi) is 4.78. The van der Waals surface area contributed by atoms with Crippen LogP contribution in [0, 0.1) is 6.92 Å². The topological polar surface area (TPSA) is 32.3 Å². The molecule has 0 aromatic carbocycles. The Morgan fingerprint density at radius 1 is 1.22 bits per heavy atom. The van der Waals surface area contributed by atoms with Crippen LogP contribution in [0.15, 0.2) is 6.07 Å². The molecule has 0 saturated carbocycles. The number of hydrogen-bond donors (Lipinski definition) is 0. The van der Waals surface area contributed by atoms with Crippen molar-refractivity contribution < 1.29 is 0 Å². The van der Waals surface area contributed by atoms with Gasteiger partial charge in [0.1, 0.15) is 11.6 Å². The first-order chi connectivity index (χ1) is 8.72. The first-order valence-electron chi connectivity index (χ1n) is 6.60. The minimum absolute atomic E-state index is 0.715. The minimum Gasteiger partial charge on any atom is -0.354 e. The van der Waals surface area contributed by atoms with Gasteiger partial charge in [0.25, 0.3) is 0 Å². The molecule has 1 aliphatic rings. The molecule has 1 aliphatic heterocycles. The number of anilines is 1. The van der Waals surface area contributed by atoms with Gasteiger partial charge in [-0.1, -0.05) is 6.92 Å². The molecule has 100 valence electrons. The predicted octanol–water partition coefficient (Wildman–Crippen LogP) is 1.71. The van der Waals surface area contributed by atoms with Gasteiger partial charge in [-0.15, -0.1) is 11.6 Å². The van der Waals surface area contributed by atoms with E-state index in [9.17, 15) is 0 Å². The monoisotopic (exact) mass is 268 g/mol. The van der Waals surface area contributed by atoms with Crippen molar-refractivity contribution in [1.82, 2.24) is 14.9 Å². The average Bonchev–Trinajstić information content (AvgIpc) is 2.39. The maximum atomic E-state index is 5.77. The number of alkyl halides is 1. The zero-order valence-electron chi connectivity index (χ0n) is 11.2. The minimum atomic E-state index is 0.715. The molecule has 18 heavy (non-hydrogen) atoms. The van der Waals surface area contributed by atoms with Crippen molar-refractivity contribution in [2.24, 2.45) is 0 Å². The largest absolute Gasteiger partial charge is 0.354 e. The maximum absolute atomic E-state index is 5.77. The SMILES string of the molecule is CCc1cc(N2CCN(CCCl)CC2)nc(C)n1. The van der Waals surface area contributed by atoms with Crippen molar-refractivity contribution in [3.05, 3.63) is 17.6 Å². The summed E-state index contributed by atoms with van der Waals surface area (Å²) in [5.74, 6) is 2.66. The number of nitrogens with zero attached hydrogens (tertiary/aromatic N) is 4. The maximum Gasteiger partial charge on any atom is 0.132 e. The standard InChI is InChI=1S/C13H21ClN4/c1-3-12-10-13(16-11(2)15-12)18-8-6-17(5-4-14)7-9-18/h10H,3-9H2,1-2H3. The molecule has 0 atom stereocenters. The molecule has 0 spiro atoms. The Morgan fingerprint density at radius 3 is 2.56 bits per heavy atom. The van der Waals surface area contributed by atoms with Crippen LogP contribution < -0.4 is 4.90 Å². The van der Waals surface area contributed by atoms with E-state index in [4.69, 9.17) is 11.6 Å². The lowest BCUT2D eigenvalue weighted by Crippen LogP contribution is -2.47. The summed E-state index contributed by atoms with van der Waals surface area (Å²) in [4.78, 5) is 13.7. The highest BCUT2D eigenvalue weighted by molar-refractivity contribution is 6.18. The molecule has 0 aliphatic carbocycles. The van der Waals surface area contributed by atoms with Gasteiger partial charge >= 0.3 is 0 Å². The summed E-state index contributed by atoms with van der Waals surface area (Å²) in [7, 11) is 0. The van der Waals surface area contributed by atoms with Gasteiger partial charge in [0.05, 0.1) is 0 Å². The molecular formula is C13H21ClN4. The predicted molar refractivity (Wildman–Crippen MR) is 75.5 cm³/mol. The van der Waals surface area contributed by atoms with E-state index in [2.05, 4.69) is 32.8 Å². The summed E-state index contributed by atoms with van der Waals surface area (Å²) < 4.78 is 0. The van der Waals surface area contributed by atoms with Crippen LogP contribution >= 0.6 is 11.6 Å². The quantitative estimate of drug-likeness (QED) is 0.779. The van der Waals surface area contributed by atoms with Crippen LogP contribution in [0.3, 0.4) is 0 Å². The fourth-order valence-electron chi connectivity index (χ4n) is 2.28. The second-order valence-electron chi connectivity index (χ2n) is 4.64. The van der Waals surface area contributed by atoms with Crippen LogP contribution in [0.4, 0.5) is 5.82 Å². The Hall–Kier alpha value is -0.870. The summed E-state index contributed by atoms with van der Waals surface area (Å²) in [6.07, 6.45) is 0.961. The highest BCUT2D eigenvalue weighted by Crippen LogP contribution is 2.15. The number of rotatable bonds is 4. The molecule has 1 aromatic heterocycles. The highest BCUT2D eigenvalue weighted by atomic mass is 35.5. The summed E-state index contributed by atoms with van der Waals surface area (Å²) in [6, 6.07) is 2.12. The Balaban J connectivity index is 2.02. The molecule has 0 radical (unpaired) electrons. The molecule has 2 rings (SSSR count). The van der Waals surface area contributed by atoms with Gasteiger partial charge in [-0.2, -0.15) is 0 Å². The first-order valence-corrected chi connectivity index (χ1v) is 7.14. The van der Waals surface area contributed by atoms with Crippen molar-refractivity contribution in [3.63, 3.8) is 0 Å². The Morgan fingerprint density at radius 2 is 1.94 bits per heavy atom. The lowest BCUT2D eigenvalue weighted by Gasteiger charge is -2.35. The second kappa shape index (κ2) is 6.34. The third kappa shape index (κ3) is 3.33. The van der Waals surface area contributed by atoms with Crippen LogP contribution in [0.25, 0.3) is 0 Å². The number of aryl methyl sites for hydroxylation is 2. The molecule has 5 heteroatoms. The van der Waals surface area contributed by atoms with E-state index >= 15 is 0 Å². The van der Waals surface area contributed by atoms with Gasteiger partial charge in [-0.3, -0.25) is 4.90 Å². The van der Waals surface area contributed by atoms with Crippen molar-refractivity contribution in [2.45, 2.75) is 20.3 Å². The second-order valence-corrected chi connectivity index (χ2v) is 5.01. The highest BCUT2D eigenvalue weighted by Gasteiger charge is 2.18.